The molecule has 0 saturated heterocycles. The highest BCUT2D eigenvalue weighted by Crippen LogP contribution is 2.04. The van der Waals surface area contributed by atoms with Crippen LogP contribution in [-0.2, 0) is 30.5 Å². The zero-order valence-electron chi connectivity index (χ0n) is 13.6. The van der Waals surface area contributed by atoms with E-state index in [-0.39, 0.29) is 13.0 Å². The third kappa shape index (κ3) is 3.10. The Labute approximate surface area is 142 Å². The van der Waals surface area contributed by atoms with Gasteiger partial charge in [0.25, 0.3) is 5.56 Å². The number of pyridine rings is 1. The maximum absolute atomic E-state index is 12.4. The third-order valence-electron chi connectivity index (χ3n) is 3.73. The largest absolute Gasteiger partial charge is 0.330 e. The second-order valence-corrected chi connectivity index (χ2v) is 7.18. The molecule has 3 aromatic heterocycles. The highest BCUT2D eigenvalue weighted by Gasteiger charge is 2.21. The summed E-state index contributed by atoms with van der Waals surface area (Å²) in [5.41, 5.74) is -0.810. The third-order valence-corrected chi connectivity index (χ3v) is 5.17. The molecule has 1 N–H and O–H groups in total. The number of aromatic nitrogens is 5. The molecule has 3 rings (SSSR count). The smallest absolute Gasteiger partial charge is 0.302 e. The molecule has 0 aromatic carbocycles. The minimum Gasteiger partial charge on any atom is -0.302 e. The molecule has 0 radical (unpaired) electrons. The van der Waals surface area contributed by atoms with E-state index in [0.717, 1.165) is 15.3 Å². The SMILES string of the molecule is Cn1cc(S(=O)(=O)NCCc2nnc3ccccn23)c(=O)n(C)c1=O. The molecule has 0 spiro atoms. The van der Waals surface area contributed by atoms with E-state index in [1.807, 2.05) is 12.1 Å². The molecule has 10 nitrogen and oxygen atoms in total. The van der Waals surface area contributed by atoms with Gasteiger partial charge in [-0.15, -0.1) is 10.2 Å². The summed E-state index contributed by atoms with van der Waals surface area (Å²) in [6, 6.07) is 5.43. The fourth-order valence-electron chi connectivity index (χ4n) is 2.40. The predicted molar refractivity (Wildman–Crippen MR) is 88.8 cm³/mol. The molecule has 0 saturated carbocycles. The van der Waals surface area contributed by atoms with Crippen LogP contribution in [0.15, 0.2) is 45.1 Å². The van der Waals surface area contributed by atoms with Gasteiger partial charge in [0.05, 0.1) is 0 Å². The van der Waals surface area contributed by atoms with Gasteiger partial charge in [0.1, 0.15) is 5.82 Å². The van der Waals surface area contributed by atoms with Gasteiger partial charge in [0.2, 0.25) is 10.0 Å². The van der Waals surface area contributed by atoms with Gasteiger partial charge in [-0.3, -0.25) is 13.8 Å². The van der Waals surface area contributed by atoms with Crippen LogP contribution in [0, 0.1) is 0 Å². The van der Waals surface area contributed by atoms with E-state index in [0.29, 0.717) is 11.5 Å². The molecule has 0 unspecified atom stereocenters. The highest BCUT2D eigenvalue weighted by atomic mass is 32.2. The molecule has 0 aliphatic carbocycles. The monoisotopic (exact) mass is 364 g/mol. The number of fused-ring (bicyclic) bond motifs is 1. The van der Waals surface area contributed by atoms with Crippen LogP contribution in [0.2, 0.25) is 0 Å². The molecule has 0 amide bonds. The Morgan fingerprint density at radius 1 is 1.16 bits per heavy atom. The number of rotatable bonds is 5. The maximum atomic E-state index is 12.4. The van der Waals surface area contributed by atoms with Crippen LogP contribution in [0.1, 0.15) is 5.82 Å². The first-order valence-electron chi connectivity index (χ1n) is 7.36. The van der Waals surface area contributed by atoms with Crippen molar-refractivity contribution in [1.29, 1.82) is 0 Å². The van der Waals surface area contributed by atoms with Gasteiger partial charge in [-0.1, -0.05) is 6.07 Å². The molecule has 0 fully saturated rings. The van der Waals surface area contributed by atoms with E-state index in [4.69, 9.17) is 0 Å². The lowest BCUT2D eigenvalue weighted by Crippen LogP contribution is -2.41. The number of sulfonamides is 1. The fourth-order valence-corrected chi connectivity index (χ4v) is 3.59. The quantitative estimate of drug-likeness (QED) is 0.597. The van der Waals surface area contributed by atoms with Crippen LogP contribution in [-0.4, -0.2) is 38.7 Å². The number of nitrogens with one attached hydrogen (secondary N) is 1. The Morgan fingerprint density at radius 2 is 1.92 bits per heavy atom. The molecule has 11 heteroatoms. The number of hydrogen-bond donors (Lipinski definition) is 1. The summed E-state index contributed by atoms with van der Waals surface area (Å²) in [4.78, 5) is 23.2. The summed E-state index contributed by atoms with van der Waals surface area (Å²) in [5, 5.41) is 8.00. The standard InChI is InChI=1S/C14H16N6O4S/c1-18-9-10(13(21)19(2)14(18)22)25(23,24)15-7-6-12-17-16-11-5-3-4-8-20(11)12/h3-5,8-9,15H,6-7H2,1-2H3. The van der Waals surface area contributed by atoms with Crippen LogP contribution in [0.25, 0.3) is 5.65 Å². The van der Waals surface area contributed by atoms with Gasteiger partial charge < -0.3 is 4.57 Å². The molecule has 0 atom stereocenters. The first-order valence-corrected chi connectivity index (χ1v) is 8.84. The zero-order valence-corrected chi connectivity index (χ0v) is 14.4. The van der Waals surface area contributed by atoms with Crippen LogP contribution >= 0.6 is 0 Å². The van der Waals surface area contributed by atoms with Crippen molar-refractivity contribution in [3.8, 4) is 0 Å². The molecule has 132 valence electrons. The van der Waals surface area contributed by atoms with Crippen molar-refractivity contribution < 1.29 is 8.42 Å². The molecule has 0 bridgehead atoms. The molecule has 0 aliphatic heterocycles. The lowest BCUT2D eigenvalue weighted by atomic mass is 10.4. The van der Waals surface area contributed by atoms with Crippen LogP contribution in [0.4, 0.5) is 0 Å². The van der Waals surface area contributed by atoms with Crippen molar-refractivity contribution >= 4 is 15.7 Å². The van der Waals surface area contributed by atoms with Crippen LogP contribution in [0.5, 0.6) is 0 Å². The van der Waals surface area contributed by atoms with Crippen molar-refractivity contribution in [1.82, 2.24) is 28.5 Å². The minimum atomic E-state index is -4.06. The Balaban J connectivity index is 1.81. The molecule has 0 aliphatic rings. The van der Waals surface area contributed by atoms with E-state index in [2.05, 4.69) is 14.9 Å². The van der Waals surface area contributed by atoms with Crippen molar-refractivity contribution in [2.24, 2.45) is 14.1 Å². The Hall–Kier alpha value is -2.79. The normalized spacial score (nSPS) is 11.9. The van der Waals surface area contributed by atoms with Crippen molar-refractivity contribution in [2.75, 3.05) is 6.54 Å². The number of aryl methyl sites for hydroxylation is 1. The second-order valence-electron chi connectivity index (χ2n) is 5.44. The van der Waals surface area contributed by atoms with Crippen molar-refractivity contribution in [3.63, 3.8) is 0 Å². The summed E-state index contributed by atoms with van der Waals surface area (Å²) in [5.74, 6) is 0.590. The van der Waals surface area contributed by atoms with Crippen molar-refractivity contribution in [2.45, 2.75) is 11.3 Å². The molecule has 3 aromatic rings. The molecule has 25 heavy (non-hydrogen) atoms. The lowest BCUT2D eigenvalue weighted by Gasteiger charge is -2.08. The average molecular weight is 364 g/mol. The predicted octanol–water partition coefficient (Wildman–Crippen LogP) is -1.35. The number of hydrogen-bond acceptors (Lipinski definition) is 6. The van der Waals surface area contributed by atoms with E-state index < -0.39 is 26.2 Å². The zero-order chi connectivity index (χ0) is 18.2. The maximum Gasteiger partial charge on any atom is 0.330 e. The fraction of sp³-hybridized carbons (Fsp3) is 0.286. The van der Waals surface area contributed by atoms with Gasteiger partial charge >= 0.3 is 5.69 Å². The summed E-state index contributed by atoms with van der Waals surface area (Å²) in [6.45, 7) is 0.0318. The average Bonchev–Trinajstić information content (AvgIpc) is 2.99. The van der Waals surface area contributed by atoms with Gasteiger partial charge in [-0.2, -0.15) is 0 Å². The molecular weight excluding hydrogens is 348 g/mol. The van der Waals surface area contributed by atoms with E-state index in [9.17, 15) is 18.0 Å². The van der Waals surface area contributed by atoms with Crippen molar-refractivity contribution in [3.05, 3.63) is 57.3 Å². The van der Waals surface area contributed by atoms with Gasteiger partial charge in [0.15, 0.2) is 10.5 Å². The molecule has 3 heterocycles. The summed E-state index contributed by atoms with van der Waals surface area (Å²) in [6.07, 6.45) is 3.08. The Bertz CT molecular complexity index is 1160. The van der Waals surface area contributed by atoms with E-state index in [1.54, 1.807) is 16.7 Å². The van der Waals surface area contributed by atoms with Gasteiger partial charge in [-0.25, -0.2) is 17.9 Å². The lowest BCUT2D eigenvalue weighted by molar-refractivity contribution is 0.570. The minimum absolute atomic E-state index is 0.0318. The van der Waals surface area contributed by atoms with Gasteiger partial charge in [-0.05, 0) is 12.1 Å². The van der Waals surface area contributed by atoms with Gasteiger partial charge in [0, 0.05) is 39.5 Å². The van der Waals surface area contributed by atoms with E-state index >= 15 is 0 Å². The summed E-state index contributed by atoms with van der Waals surface area (Å²) < 4.78 is 30.7. The Morgan fingerprint density at radius 3 is 2.68 bits per heavy atom. The van der Waals surface area contributed by atoms with Crippen LogP contribution < -0.4 is 16.0 Å². The first kappa shape index (κ1) is 17.0. The van der Waals surface area contributed by atoms with E-state index in [1.165, 1.54) is 14.1 Å². The Kier molecular flexibility index (Phi) is 4.27. The first-order chi connectivity index (χ1) is 11.8. The molecular formula is C14H16N6O4S. The highest BCUT2D eigenvalue weighted by molar-refractivity contribution is 7.89. The summed E-state index contributed by atoms with van der Waals surface area (Å²) >= 11 is 0. The second kappa shape index (κ2) is 6.26. The summed E-state index contributed by atoms with van der Waals surface area (Å²) in [7, 11) is -1.45. The number of nitrogens with zero attached hydrogens (tertiary/aromatic N) is 5. The van der Waals surface area contributed by atoms with Crippen LogP contribution in [0.3, 0.4) is 0 Å². The topological polar surface area (TPSA) is 120 Å².